The van der Waals surface area contributed by atoms with E-state index in [2.05, 4.69) is 4.74 Å². The van der Waals surface area contributed by atoms with Crippen molar-refractivity contribution in [2.45, 2.75) is 20.0 Å². The van der Waals surface area contributed by atoms with Crippen LogP contribution in [0.4, 0.5) is 4.39 Å². The van der Waals surface area contributed by atoms with Crippen LogP contribution in [0.2, 0.25) is 0 Å². The second-order valence-corrected chi connectivity index (χ2v) is 6.13. The molecule has 0 saturated carbocycles. The summed E-state index contributed by atoms with van der Waals surface area (Å²) in [7, 11) is 1.24. The number of carbonyl (C=O) groups is 1. The van der Waals surface area contributed by atoms with Gasteiger partial charge in [0, 0.05) is 0 Å². The number of benzene rings is 3. The van der Waals surface area contributed by atoms with Crippen LogP contribution in [-0.4, -0.2) is 13.1 Å². The summed E-state index contributed by atoms with van der Waals surface area (Å²) in [6, 6.07) is 20.3. The van der Waals surface area contributed by atoms with E-state index in [1.807, 2.05) is 55.5 Å². The Labute approximate surface area is 158 Å². The molecule has 0 amide bonds. The van der Waals surface area contributed by atoms with E-state index in [4.69, 9.17) is 4.74 Å². The summed E-state index contributed by atoms with van der Waals surface area (Å²) in [6.07, 6.45) is 0.776. The predicted octanol–water partition coefficient (Wildman–Crippen LogP) is 5.42. The number of rotatable bonds is 6. The monoisotopic (exact) mass is 364 g/mol. The summed E-state index contributed by atoms with van der Waals surface area (Å²) >= 11 is 0. The van der Waals surface area contributed by atoms with Gasteiger partial charge >= 0.3 is 5.97 Å². The van der Waals surface area contributed by atoms with Gasteiger partial charge < -0.3 is 9.47 Å². The largest absolute Gasteiger partial charge is 0.489 e. The van der Waals surface area contributed by atoms with E-state index in [1.54, 1.807) is 6.07 Å². The second-order valence-electron chi connectivity index (χ2n) is 6.13. The maximum absolute atomic E-state index is 14.3. The van der Waals surface area contributed by atoms with Crippen molar-refractivity contribution >= 4 is 5.97 Å². The van der Waals surface area contributed by atoms with Crippen LogP contribution < -0.4 is 4.74 Å². The molecule has 0 aliphatic carbocycles. The van der Waals surface area contributed by atoms with Gasteiger partial charge in [-0.25, -0.2) is 9.18 Å². The zero-order chi connectivity index (χ0) is 19.2. The highest BCUT2D eigenvalue weighted by Gasteiger charge is 2.14. The Kier molecular flexibility index (Phi) is 5.87. The number of methoxy groups -OCH3 is 1. The first-order chi connectivity index (χ1) is 13.1. The maximum atomic E-state index is 14.3. The molecule has 0 radical (unpaired) electrons. The summed E-state index contributed by atoms with van der Waals surface area (Å²) in [5.41, 5.74) is 3.71. The zero-order valence-corrected chi connectivity index (χ0v) is 15.4. The number of hydrogen-bond donors (Lipinski definition) is 0. The number of halogens is 1. The molecule has 0 aromatic heterocycles. The topological polar surface area (TPSA) is 35.5 Å². The molecule has 0 saturated heterocycles. The van der Waals surface area contributed by atoms with E-state index >= 15 is 0 Å². The Balaban J connectivity index is 1.84. The van der Waals surface area contributed by atoms with Crippen molar-refractivity contribution < 1.29 is 18.7 Å². The molecule has 0 N–H and O–H groups in total. The molecular weight excluding hydrogens is 343 g/mol. The quantitative estimate of drug-likeness (QED) is 0.548. The van der Waals surface area contributed by atoms with Crippen molar-refractivity contribution in [2.75, 3.05) is 7.11 Å². The first-order valence-corrected chi connectivity index (χ1v) is 8.80. The summed E-state index contributed by atoms with van der Waals surface area (Å²) in [4.78, 5) is 11.6. The Morgan fingerprint density at radius 1 is 1.00 bits per heavy atom. The van der Waals surface area contributed by atoms with Gasteiger partial charge in [0.25, 0.3) is 0 Å². The normalized spacial score (nSPS) is 10.5. The van der Waals surface area contributed by atoms with E-state index in [9.17, 15) is 9.18 Å². The summed E-state index contributed by atoms with van der Waals surface area (Å²) < 4.78 is 24.7. The lowest BCUT2D eigenvalue weighted by Gasteiger charge is -2.13. The summed E-state index contributed by atoms with van der Waals surface area (Å²) in [5.74, 6) is -0.503. The molecular formula is C23H21FO3. The molecule has 0 aliphatic heterocycles. The molecule has 4 heteroatoms. The SMILES string of the molecule is CCc1cc(OCc2ccccc2)ccc1-c1ccc(C(=O)OC)c(F)c1. The predicted molar refractivity (Wildman–Crippen MR) is 103 cm³/mol. The van der Waals surface area contributed by atoms with E-state index < -0.39 is 11.8 Å². The van der Waals surface area contributed by atoms with Crippen LogP contribution in [0.15, 0.2) is 66.7 Å². The second kappa shape index (κ2) is 8.49. The van der Waals surface area contributed by atoms with Crippen LogP contribution in [0.1, 0.15) is 28.4 Å². The van der Waals surface area contributed by atoms with Gasteiger partial charge in [-0.3, -0.25) is 0 Å². The fraction of sp³-hybridized carbons (Fsp3) is 0.174. The van der Waals surface area contributed by atoms with Crippen molar-refractivity contribution in [1.29, 1.82) is 0 Å². The fourth-order valence-corrected chi connectivity index (χ4v) is 2.93. The molecule has 0 bridgehead atoms. The van der Waals surface area contributed by atoms with Crippen LogP contribution in [-0.2, 0) is 17.8 Å². The molecule has 0 atom stereocenters. The third-order valence-corrected chi connectivity index (χ3v) is 4.39. The minimum absolute atomic E-state index is 0.0675. The lowest BCUT2D eigenvalue weighted by Crippen LogP contribution is -2.04. The number of esters is 1. The first kappa shape index (κ1) is 18.6. The van der Waals surface area contributed by atoms with Gasteiger partial charge in [-0.1, -0.05) is 49.4 Å². The molecule has 3 rings (SSSR count). The van der Waals surface area contributed by atoms with Gasteiger partial charge in [0.2, 0.25) is 0 Å². The van der Waals surface area contributed by atoms with Crippen molar-refractivity contribution in [1.82, 2.24) is 0 Å². The van der Waals surface area contributed by atoms with Crippen molar-refractivity contribution in [3.63, 3.8) is 0 Å². The van der Waals surface area contributed by atoms with Gasteiger partial charge in [0.05, 0.1) is 12.7 Å². The van der Waals surface area contributed by atoms with Gasteiger partial charge in [-0.05, 0) is 52.9 Å². The Morgan fingerprint density at radius 3 is 2.44 bits per heavy atom. The smallest absolute Gasteiger partial charge is 0.340 e. The number of carbonyl (C=O) groups excluding carboxylic acids is 1. The van der Waals surface area contributed by atoms with Crippen molar-refractivity contribution in [2.24, 2.45) is 0 Å². The average Bonchev–Trinajstić information content (AvgIpc) is 2.72. The fourth-order valence-electron chi connectivity index (χ4n) is 2.93. The third-order valence-electron chi connectivity index (χ3n) is 4.39. The van der Waals surface area contributed by atoms with Crippen LogP contribution >= 0.6 is 0 Å². The first-order valence-electron chi connectivity index (χ1n) is 8.80. The van der Waals surface area contributed by atoms with Gasteiger partial charge in [0.1, 0.15) is 18.2 Å². The highest BCUT2D eigenvalue weighted by Crippen LogP contribution is 2.29. The van der Waals surface area contributed by atoms with Crippen LogP contribution in [0.5, 0.6) is 5.75 Å². The van der Waals surface area contributed by atoms with Gasteiger partial charge in [-0.2, -0.15) is 0 Å². The number of aryl methyl sites for hydroxylation is 1. The summed E-state index contributed by atoms with van der Waals surface area (Å²) in [6.45, 7) is 2.53. The van der Waals surface area contributed by atoms with Gasteiger partial charge in [-0.15, -0.1) is 0 Å². The molecule has 27 heavy (non-hydrogen) atoms. The lowest BCUT2D eigenvalue weighted by molar-refractivity contribution is 0.0595. The zero-order valence-electron chi connectivity index (χ0n) is 15.4. The van der Waals surface area contributed by atoms with E-state index in [1.165, 1.54) is 19.2 Å². The molecule has 138 valence electrons. The van der Waals surface area contributed by atoms with Gasteiger partial charge in [0.15, 0.2) is 0 Å². The molecule has 0 fully saturated rings. The molecule has 0 unspecified atom stereocenters. The minimum atomic E-state index is -0.681. The van der Waals surface area contributed by atoms with Crippen LogP contribution in [0.25, 0.3) is 11.1 Å². The molecule has 3 aromatic rings. The molecule has 0 aliphatic rings. The van der Waals surface area contributed by atoms with Crippen molar-refractivity contribution in [3.8, 4) is 16.9 Å². The number of ether oxygens (including phenoxy) is 2. The third kappa shape index (κ3) is 4.34. The van der Waals surface area contributed by atoms with E-state index in [-0.39, 0.29) is 5.56 Å². The molecule has 3 aromatic carbocycles. The molecule has 0 heterocycles. The standard InChI is InChI=1S/C23H21FO3/c1-3-17-13-19(27-15-16-7-5-4-6-8-16)10-12-20(17)18-9-11-21(22(24)14-18)23(25)26-2/h4-14H,3,15H2,1-2H3. The summed E-state index contributed by atoms with van der Waals surface area (Å²) in [5, 5.41) is 0. The number of hydrogen-bond acceptors (Lipinski definition) is 3. The average molecular weight is 364 g/mol. The lowest BCUT2D eigenvalue weighted by atomic mass is 9.96. The van der Waals surface area contributed by atoms with Crippen LogP contribution in [0.3, 0.4) is 0 Å². The van der Waals surface area contributed by atoms with E-state index in [0.29, 0.717) is 12.2 Å². The van der Waals surface area contributed by atoms with E-state index in [0.717, 1.165) is 28.9 Å². The maximum Gasteiger partial charge on any atom is 0.340 e. The van der Waals surface area contributed by atoms with Crippen LogP contribution in [0, 0.1) is 5.82 Å². The Morgan fingerprint density at radius 2 is 1.78 bits per heavy atom. The Bertz CT molecular complexity index is 936. The minimum Gasteiger partial charge on any atom is -0.489 e. The Hall–Kier alpha value is -3.14. The molecule has 0 spiro atoms. The van der Waals surface area contributed by atoms with Crippen molar-refractivity contribution in [3.05, 3.63) is 89.2 Å². The highest BCUT2D eigenvalue weighted by atomic mass is 19.1. The molecule has 3 nitrogen and oxygen atoms in total. The highest BCUT2D eigenvalue weighted by molar-refractivity contribution is 5.90.